The molecule has 3 unspecified atom stereocenters. The van der Waals surface area contributed by atoms with E-state index in [2.05, 4.69) is 85.7 Å². The first-order valence-corrected chi connectivity index (χ1v) is 14.6. The number of aryl methyl sites for hydroxylation is 3. The molecule has 3 atom stereocenters. The van der Waals surface area contributed by atoms with E-state index in [-0.39, 0.29) is 41.5 Å². The van der Waals surface area contributed by atoms with E-state index in [0.29, 0.717) is 12.3 Å². The molecule has 0 aliphatic heterocycles. The first-order chi connectivity index (χ1) is 17.9. The number of fused-ring (bicyclic) bond motifs is 1. The van der Waals surface area contributed by atoms with Crippen LogP contribution in [0.15, 0.2) is 30.3 Å². The van der Waals surface area contributed by atoms with Crippen LogP contribution in [0.4, 0.5) is 0 Å². The number of benzene rings is 2. The third-order valence-corrected chi connectivity index (χ3v) is 8.17. The van der Waals surface area contributed by atoms with Crippen LogP contribution in [0.3, 0.4) is 0 Å². The summed E-state index contributed by atoms with van der Waals surface area (Å²) in [5.41, 5.74) is 8.52. The quantitative estimate of drug-likeness (QED) is 0.295. The summed E-state index contributed by atoms with van der Waals surface area (Å²) in [5.74, 6) is 1.14. The lowest BCUT2D eigenvalue weighted by molar-refractivity contribution is -0.129. The Kier molecular flexibility index (Phi) is 12.1. The minimum Gasteiger partial charge on any atom is -0.300 e. The van der Waals surface area contributed by atoms with Crippen LogP contribution >= 0.6 is 0 Å². The molecule has 0 heterocycles. The molecule has 2 aromatic carbocycles. The standard InChI is InChI=1S/C27H40O3.C8H10/c1-8-10-21(22(9-2)25(29)12-18(6)28)13-20-14-24-23(16(3)4)11-17(5)19(7)27(24)26(30)15-20;1-7-4-3-5-8(2)6-7/h11,16,20-22H,8-10,12-15H2,1-7H3;3-6H,1-2H3. The molecule has 0 saturated carbocycles. The molecule has 0 spiro atoms. The summed E-state index contributed by atoms with van der Waals surface area (Å²) in [6, 6.07) is 10.7. The average Bonchev–Trinajstić information content (AvgIpc) is 2.81. The van der Waals surface area contributed by atoms with E-state index in [1.165, 1.54) is 34.7 Å². The predicted molar refractivity (Wildman–Crippen MR) is 159 cm³/mol. The zero-order chi connectivity index (χ0) is 28.6. The van der Waals surface area contributed by atoms with Crippen LogP contribution in [-0.4, -0.2) is 17.3 Å². The highest BCUT2D eigenvalue weighted by atomic mass is 16.1. The second kappa shape index (κ2) is 14.6. The summed E-state index contributed by atoms with van der Waals surface area (Å²) >= 11 is 0. The molecular weight excluding hydrogens is 468 g/mol. The number of hydrogen-bond donors (Lipinski definition) is 0. The van der Waals surface area contributed by atoms with Gasteiger partial charge in [-0.15, -0.1) is 0 Å². The van der Waals surface area contributed by atoms with Gasteiger partial charge in [-0.2, -0.15) is 0 Å². The number of Topliss-reactive ketones (excluding diaryl/α,β-unsaturated/α-hetero) is 3. The zero-order valence-electron chi connectivity index (χ0n) is 25.4. The Hall–Kier alpha value is -2.55. The highest BCUT2D eigenvalue weighted by Gasteiger charge is 2.34. The molecule has 0 bridgehead atoms. The zero-order valence-corrected chi connectivity index (χ0v) is 25.4. The molecule has 0 aromatic heterocycles. The van der Waals surface area contributed by atoms with Crippen LogP contribution in [0.1, 0.15) is 123 Å². The van der Waals surface area contributed by atoms with E-state index in [1.807, 2.05) is 0 Å². The first kappa shape index (κ1) is 31.7. The summed E-state index contributed by atoms with van der Waals surface area (Å²) in [6.07, 6.45) is 5.20. The Morgan fingerprint density at radius 1 is 0.974 bits per heavy atom. The lowest BCUT2D eigenvalue weighted by atomic mass is 9.70. The largest absolute Gasteiger partial charge is 0.300 e. The molecule has 208 valence electrons. The predicted octanol–water partition coefficient (Wildman–Crippen LogP) is 8.86. The summed E-state index contributed by atoms with van der Waals surface area (Å²) in [5, 5.41) is 0. The third-order valence-electron chi connectivity index (χ3n) is 8.17. The van der Waals surface area contributed by atoms with Gasteiger partial charge < -0.3 is 0 Å². The maximum Gasteiger partial charge on any atom is 0.163 e. The monoisotopic (exact) mass is 518 g/mol. The van der Waals surface area contributed by atoms with E-state index in [0.717, 1.165) is 43.2 Å². The number of carbonyl (C=O) groups excluding carboxylic acids is 3. The van der Waals surface area contributed by atoms with Gasteiger partial charge in [-0.25, -0.2) is 0 Å². The molecule has 3 nitrogen and oxygen atoms in total. The fraction of sp³-hybridized carbons (Fsp3) is 0.571. The Morgan fingerprint density at radius 2 is 1.61 bits per heavy atom. The normalized spacial score (nSPS) is 16.4. The van der Waals surface area contributed by atoms with E-state index in [1.54, 1.807) is 0 Å². The van der Waals surface area contributed by atoms with Crippen molar-refractivity contribution >= 4 is 17.3 Å². The van der Waals surface area contributed by atoms with Crippen molar-refractivity contribution in [3.05, 3.63) is 69.3 Å². The highest BCUT2D eigenvalue weighted by molar-refractivity contribution is 6.01. The Balaban J connectivity index is 0.000000538. The van der Waals surface area contributed by atoms with E-state index >= 15 is 0 Å². The summed E-state index contributed by atoms with van der Waals surface area (Å²) in [6.45, 7) is 18.5. The van der Waals surface area contributed by atoms with Crippen molar-refractivity contribution in [2.24, 2.45) is 17.8 Å². The van der Waals surface area contributed by atoms with Gasteiger partial charge in [-0.05, 0) is 93.9 Å². The first-order valence-electron chi connectivity index (χ1n) is 14.6. The van der Waals surface area contributed by atoms with Crippen molar-refractivity contribution in [2.75, 3.05) is 0 Å². The second-order valence-electron chi connectivity index (χ2n) is 11.9. The van der Waals surface area contributed by atoms with E-state index in [9.17, 15) is 14.4 Å². The fourth-order valence-corrected chi connectivity index (χ4v) is 6.29. The van der Waals surface area contributed by atoms with E-state index in [4.69, 9.17) is 0 Å². The van der Waals surface area contributed by atoms with Crippen LogP contribution < -0.4 is 0 Å². The second-order valence-corrected chi connectivity index (χ2v) is 11.9. The maximum absolute atomic E-state index is 13.2. The molecule has 1 aliphatic rings. The summed E-state index contributed by atoms with van der Waals surface area (Å²) in [4.78, 5) is 37.5. The van der Waals surface area contributed by atoms with Crippen molar-refractivity contribution in [3.63, 3.8) is 0 Å². The van der Waals surface area contributed by atoms with Crippen molar-refractivity contribution in [1.82, 2.24) is 0 Å². The minimum atomic E-state index is -0.0744. The molecule has 1 aliphatic carbocycles. The van der Waals surface area contributed by atoms with Gasteiger partial charge >= 0.3 is 0 Å². The highest BCUT2D eigenvalue weighted by Crippen LogP contribution is 2.39. The Morgan fingerprint density at radius 3 is 2.08 bits per heavy atom. The Labute approximate surface area is 231 Å². The van der Waals surface area contributed by atoms with Gasteiger partial charge in [0.25, 0.3) is 0 Å². The van der Waals surface area contributed by atoms with Gasteiger partial charge in [0.2, 0.25) is 0 Å². The SMILES string of the molecule is CCCC(CC1CC(=O)c2c(C)c(C)cc(C(C)C)c2C1)C(CC)C(=O)CC(C)=O.Cc1cccc(C)c1. The van der Waals surface area contributed by atoms with Crippen LogP contribution in [0, 0.1) is 45.4 Å². The number of ketones is 3. The number of carbonyl (C=O) groups is 3. The Bertz CT molecular complexity index is 1110. The van der Waals surface area contributed by atoms with Crippen LogP contribution in [0.2, 0.25) is 0 Å². The van der Waals surface area contributed by atoms with Gasteiger partial charge in [0, 0.05) is 17.9 Å². The summed E-state index contributed by atoms with van der Waals surface area (Å²) < 4.78 is 0. The maximum atomic E-state index is 13.2. The lowest BCUT2D eigenvalue weighted by Crippen LogP contribution is -2.30. The minimum absolute atomic E-state index is 0.0428. The molecule has 0 saturated heterocycles. The smallest absolute Gasteiger partial charge is 0.163 e. The van der Waals surface area contributed by atoms with Crippen molar-refractivity contribution < 1.29 is 14.4 Å². The van der Waals surface area contributed by atoms with Crippen LogP contribution in [0.25, 0.3) is 0 Å². The molecule has 0 fully saturated rings. The molecule has 0 amide bonds. The van der Waals surface area contributed by atoms with Gasteiger partial charge in [0.05, 0.1) is 6.42 Å². The number of rotatable bonds is 10. The van der Waals surface area contributed by atoms with Crippen molar-refractivity contribution in [3.8, 4) is 0 Å². The molecule has 3 rings (SSSR count). The molecule has 0 radical (unpaired) electrons. The molecule has 2 aromatic rings. The van der Waals surface area contributed by atoms with Crippen LogP contribution in [-0.2, 0) is 16.0 Å². The van der Waals surface area contributed by atoms with Crippen LogP contribution in [0.5, 0.6) is 0 Å². The van der Waals surface area contributed by atoms with Gasteiger partial charge in [-0.3, -0.25) is 14.4 Å². The molecule has 3 heteroatoms. The van der Waals surface area contributed by atoms with Gasteiger partial charge in [-0.1, -0.05) is 82.0 Å². The van der Waals surface area contributed by atoms with E-state index < -0.39 is 0 Å². The van der Waals surface area contributed by atoms with Crippen molar-refractivity contribution in [2.45, 2.75) is 113 Å². The summed E-state index contributed by atoms with van der Waals surface area (Å²) in [7, 11) is 0. The van der Waals surface area contributed by atoms with Crippen molar-refractivity contribution in [1.29, 1.82) is 0 Å². The van der Waals surface area contributed by atoms with Gasteiger partial charge in [0.1, 0.15) is 11.6 Å². The number of hydrogen-bond acceptors (Lipinski definition) is 3. The third kappa shape index (κ3) is 8.48. The van der Waals surface area contributed by atoms with Gasteiger partial charge in [0.15, 0.2) is 5.78 Å². The molecular formula is C35H50O3. The lowest BCUT2D eigenvalue weighted by Gasteiger charge is -2.33. The topological polar surface area (TPSA) is 51.2 Å². The molecule has 0 N–H and O–H groups in total. The average molecular weight is 519 g/mol. The molecule has 38 heavy (non-hydrogen) atoms. The fourth-order valence-electron chi connectivity index (χ4n) is 6.29.